The lowest BCUT2D eigenvalue weighted by atomic mass is 10.0. The predicted molar refractivity (Wildman–Crippen MR) is 121 cm³/mol. The smallest absolute Gasteiger partial charge is 0.240 e. The second-order valence-electron chi connectivity index (χ2n) is 7.35. The number of nitrogens with one attached hydrogen (secondary N) is 1. The van der Waals surface area contributed by atoms with E-state index in [-0.39, 0.29) is 27.3 Å². The molecule has 0 bridgehead atoms. The molecule has 1 atom stereocenters. The number of hydrogen-bond acceptors (Lipinski definition) is 5. The number of sulfonamides is 1. The fourth-order valence-corrected chi connectivity index (χ4v) is 6.18. The number of aromatic nitrogens is 1. The average Bonchev–Trinajstić information content (AvgIpc) is 2.74. The lowest BCUT2D eigenvalue weighted by Crippen LogP contribution is -2.32. The molecule has 0 aliphatic heterocycles. The maximum absolute atomic E-state index is 13.4. The van der Waals surface area contributed by atoms with Gasteiger partial charge < -0.3 is 0 Å². The number of sulfone groups is 1. The Morgan fingerprint density at radius 1 is 0.903 bits per heavy atom. The molecule has 0 radical (unpaired) electrons. The van der Waals surface area contributed by atoms with Gasteiger partial charge >= 0.3 is 0 Å². The van der Waals surface area contributed by atoms with Gasteiger partial charge in [0.25, 0.3) is 0 Å². The van der Waals surface area contributed by atoms with Gasteiger partial charge in [0, 0.05) is 24.0 Å². The van der Waals surface area contributed by atoms with Gasteiger partial charge in [-0.2, -0.15) is 0 Å². The zero-order valence-corrected chi connectivity index (χ0v) is 19.5. The highest BCUT2D eigenvalue weighted by molar-refractivity contribution is 7.92. The first-order valence-electron chi connectivity index (χ1n) is 9.60. The van der Waals surface area contributed by atoms with E-state index >= 15 is 0 Å². The van der Waals surface area contributed by atoms with Crippen LogP contribution in [0.4, 0.5) is 0 Å². The molecule has 0 amide bonds. The van der Waals surface area contributed by atoms with Crippen LogP contribution in [0, 0.1) is 0 Å². The Morgan fingerprint density at radius 3 is 2.19 bits per heavy atom. The molecule has 1 unspecified atom stereocenters. The van der Waals surface area contributed by atoms with Gasteiger partial charge in [-0.25, -0.2) is 21.6 Å². The topological polar surface area (TPSA) is 93.2 Å². The van der Waals surface area contributed by atoms with Crippen LogP contribution in [0.2, 0.25) is 5.02 Å². The molecule has 1 aromatic heterocycles. The van der Waals surface area contributed by atoms with Gasteiger partial charge in [0.05, 0.1) is 9.79 Å². The van der Waals surface area contributed by atoms with E-state index in [0.717, 1.165) is 5.56 Å². The highest BCUT2D eigenvalue weighted by Gasteiger charge is 2.31. The summed E-state index contributed by atoms with van der Waals surface area (Å²) in [7, 11) is -7.87. The summed E-state index contributed by atoms with van der Waals surface area (Å²) < 4.78 is 54.7. The van der Waals surface area contributed by atoms with Crippen molar-refractivity contribution in [2.24, 2.45) is 0 Å². The second-order valence-corrected chi connectivity index (χ2v) is 11.7. The maximum Gasteiger partial charge on any atom is 0.240 e. The normalized spacial score (nSPS) is 13.3. The number of pyridine rings is 1. The fourth-order valence-electron chi connectivity index (χ4n) is 3.08. The van der Waals surface area contributed by atoms with Gasteiger partial charge in [0.1, 0.15) is 5.25 Å². The summed E-state index contributed by atoms with van der Waals surface area (Å²) in [5.74, 6) is 0.260. The number of nitrogens with zero attached hydrogens (tertiary/aromatic N) is 1. The summed E-state index contributed by atoms with van der Waals surface area (Å²) in [6.07, 6.45) is 2.96. The molecule has 31 heavy (non-hydrogen) atoms. The van der Waals surface area contributed by atoms with E-state index in [4.69, 9.17) is 11.6 Å². The van der Waals surface area contributed by atoms with Crippen LogP contribution in [0.3, 0.4) is 0 Å². The van der Waals surface area contributed by atoms with E-state index < -0.39 is 25.1 Å². The van der Waals surface area contributed by atoms with Crippen LogP contribution < -0.4 is 4.72 Å². The Labute approximate surface area is 188 Å². The SMILES string of the molecule is CC(C)c1ccc(S(=O)(=O)C(CNS(=O)(=O)c2cccc(Cl)c2)c2cccnc2)cc1. The van der Waals surface area contributed by atoms with Crippen molar-refractivity contribution in [2.45, 2.75) is 34.8 Å². The number of hydrogen-bond donors (Lipinski definition) is 1. The van der Waals surface area contributed by atoms with Crippen LogP contribution in [0.1, 0.15) is 36.1 Å². The van der Waals surface area contributed by atoms with E-state index in [1.165, 1.54) is 30.6 Å². The van der Waals surface area contributed by atoms with Gasteiger partial charge in [-0.1, -0.05) is 49.7 Å². The van der Waals surface area contributed by atoms with E-state index in [2.05, 4.69) is 9.71 Å². The molecule has 2 aromatic carbocycles. The lowest BCUT2D eigenvalue weighted by Gasteiger charge is -2.19. The first-order chi connectivity index (χ1) is 14.6. The minimum absolute atomic E-state index is 0.0383. The molecule has 0 saturated heterocycles. The summed E-state index contributed by atoms with van der Waals surface area (Å²) in [5, 5.41) is -0.885. The molecule has 3 rings (SSSR count). The molecule has 0 aliphatic rings. The summed E-state index contributed by atoms with van der Waals surface area (Å²) in [4.78, 5) is 4.09. The minimum Gasteiger partial charge on any atom is -0.264 e. The average molecular weight is 479 g/mol. The molecular weight excluding hydrogens is 456 g/mol. The third-order valence-corrected chi connectivity index (χ3v) is 8.64. The van der Waals surface area contributed by atoms with Crippen LogP contribution in [0.5, 0.6) is 0 Å². The summed E-state index contributed by atoms with van der Waals surface area (Å²) in [6.45, 7) is 3.69. The first kappa shape index (κ1) is 23.4. The number of benzene rings is 2. The monoisotopic (exact) mass is 478 g/mol. The maximum atomic E-state index is 13.4. The Kier molecular flexibility index (Phi) is 7.16. The number of rotatable bonds is 8. The van der Waals surface area contributed by atoms with Gasteiger partial charge in [-0.15, -0.1) is 0 Å². The summed E-state index contributed by atoms with van der Waals surface area (Å²) in [6, 6.07) is 15.7. The second kappa shape index (κ2) is 9.48. The quantitative estimate of drug-likeness (QED) is 0.519. The Morgan fingerprint density at radius 2 is 1.61 bits per heavy atom. The Balaban J connectivity index is 1.95. The van der Waals surface area contributed by atoms with Crippen LogP contribution in [-0.2, 0) is 19.9 Å². The van der Waals surface area contributed by atoms with Crippen molar-refractivity contribution in [3.05, 3.63) is 89.2 Å². The van der Waals surface area contributed by atoms with Gasteiger partial charge in [-0.3, -0.25) is 4.98 Å². The zero-order valence-electron chi connectivity index (χ0n) is 17.1. The van der Waals surface area contributed by atoms with Crippen LogP contribution in [0.15, 0.2) is 82.8 Å². The molecule has 1 N–H and O–H groups in total. The van der Waals surface area contributed by atoms with Crippen molar-refractivity contribution in [1.82, 2.24) is 9.71 Å². The molecule has 164 valence electrons. The molecule has 0 aliphatic carbocycles. The van der Waals surface area contributed by atoms with Crippen LogP contribution in [-0.4, -0.2) is 28.4 Å². The lowest BCUT2D eigenvalue weighted by molar-refractivity contribution is 0.568. The van der Waals surface area contributed by atoms with Crippen molar-refractivity contribution in [2.75, 3.05) is 6.54 Å². The molecule has 9 heteroatoms. The highest BCUT2D eigenvalue weighted by Crippen LogP contribution is 2.29. The molecule has 0 fully saturated rings. The summed E-state index contributed by atoms with van der Waals surface area (Å²) >= 11 is 5.90. The van der Waals surface area contributed by atoms with E-state index in [9.17, 15) is 16.8 Å². The predicted octanol–water partition coefficient (Wildman–Crippen LogP) is 4.35. The van der Waals surface area contributed by atoms with Gasteiger partial charge in [0.15, 0.2) is 9.84 Å². The minimum atomic E-state index is -3.97. The van der Waals surface area contributed by atoms with E-state index in [0.29, 0.717) is 5.56 Å². The van der Waals surface area contributed by atoms with Crippen molar-refractivity contribution in [3.63, 3.8) is 0 Å². The van der Waals surface area contributed by atoms with Crippen molar-refractivity contribution >= 4 is 31.5 Å². The number of halogens is 1. The zero-order chi connectivity index (χ0) is 22.6. The van der Waals surface area contributed by atoms with Crippen molar-refractivity contribution < 1.29 is 16.8 Å². The van der Waals surface area contributed by atoms with Gasteiger partial charge in [-0.05, 0) is 53.4 Å². The third-order valence-electron chi connectivity index (χ3n) is 4.87. The molecule has 0 spiro atoms. The molecule has 1 heterocycles. The highest BCUT2D eigenvalue weighted by atomic mass is 35.5. The molecule has 3 aromatic rings. The fraction of sp³-hybridized carbons (Fsp3) is 0.227. The summed E-state index contributed by atoms with van der Waals surface area (Å²) in [5.41, 5.74) is 1.41. The third kappa shape index (κ3) is 5.51. The molecule has 6 nitrogen and oxygen atoms in total. The van der Waals surface area contributed by atoms with Crippen LogP contribution >= 0.6 is 11.6 Å². The molecule has 0 saturated carbocycles. The first-order valence-corrected chi connectivity index (χ1v) is 13.0. The van der Waals surface area contributed by atoms with E-state index in [1.54, 1.807) is 42.5 Å². The Bertz CT molecular complexity index is 1240. The largest absolute Gasteiger partial charge is 0.264 e. The van der Waals surface area contributed by atoms with Crippen molar-refractivity contribution in [1.29, 1.82) is 0 Å². The molecular formula is C22H23ClN2O4S2. The van der Waals surface area contributed by atoms with Crippen molar-refractivity contribution in [3.8, 4) is 0 Å². The van der Waals surface area contributed by atoms with Crippen LogP contribution in [0.25, 0.3) is 0 Å². The Hall–Kier alpha value is -2.26. The van der Waals surface area contributed by atoms with E-state index in [1.807, 2.05) is 13.8 Å². The van der Waals surface area contributed by atoms with Gasteiger partial charge in [0.2, 0.25) is 10.0 Å². The standard InChI is InChI=1S/C22H23ClN2O4S2/c1-16(2)17-8-10-20(11-9-17)30(26,27)22(18-5-4-12-24-14-18)15-25-31(28,29)21-7-3-6-19(23)13-21/h3-14,16,22,25H,15H2,1-2H3.